The molecule has 8 heteroatoms. The van der Waals surface area contributed by atoms with E-state index in [1.54, 1.807) is 12.1 Å². The van der Waals surface area contributed by atoms with Gasteiger partial charge in [-0.2, -0.15) is 0 Å². The largest absolute Gasteiger partial charge is 0.371 e. The summed E-state index contributed by atoms with van der Waals surface area (Å²) < 4.78 is 0. The molecule has 3 aliphatic rings. The molecule has 8 nitrogen and oxygen atoms in total. The summed E-state index contributed by atoms with van der Waals surface area (Å²) in [6, 6.07) is 12.7. The van der Waals surface area contributed by atoms with Crippen molar-refractivity contribution in [1.29, 1.82) is 0 Å². The average molecular weight is 447 g/mol. The molecule has 2 fully saturated rings. The molecule has 2 aromatic carbocycles. The molecule has 0 radical (unpaired) electrons. The Labute approximate surface area is 191 Å². The minimum atomic E-state index is -0.947. The first-order chi connectivity index (χ1) is 16.0. The molecule has 33 heavy (non-hydrogen) atoms. The highest BCUT2D eigenvalue weighted by atomic mass is 16.2. The molecule has 0 aliphatic carbocycles. The smallest absolute Gasteiger partial charge is 0.262 e. The molecule has 4 amide bonds. The number of nitrogens with zero attached hydrogens (tertiary/aromatic N) is 2. The molecule has 1 unspecified atom stereocenters. The molecule has 170 valence electrons. The van der Waals surface area contributed by atoms with Gasteiger partial charge < -0.3 is 10.6 Å². The number of nitrogens with two attached hydrogens (primary N) is 1. The van der Waals surface area contributed by atoms with Gasteiger partial charge in [0.1, 0.15) is 6.04 Å². The van der Waals surface area contributed by atoms with Crippen molar-refractivity contribution in [2.75, 3.05) is 18.0 Å². The Hall–Kier alpha value is -3.52. The van der Waals surface area contributed by atoms with Crippen LogP contribution in [0.15, 0.2) is 42.5 Å². The Kier molecular flexibility index (Phi) is 5.46. The van der Waals surface area contributed by atoms with Crippen LogP contribution in [0.4, 0.5) is 5.69 Å². The summed E-state index contributed by atoms with van der Waals surface area (Å²) in [5.74, 6) is -1.48. The van der Waals surface area contributed by atoms with E-state index in [0.717, 1.165) is 36.5 Å². The van der Waals surface area contributed by atoms with Crippen molar-refractivity contribution >= 4 is 29.3 Å². The van der Waals surface area contributed by atoms with Gasteiger partial charge in [-0.15, -0.1) is 0 Å². The Balaban J connectivity index is 1.32. The lowest BCUT2D eigenvalue weighted by Crippen LogP contribution is -2.54. The van der Waals surface area contributed by atoms with Crippen LogP contribution in [0.25, 0.3) is 0 Å². The zero-order valence-corrected chi connectivity index (χ0v) is 18.3. The highest BCUT2D eigenvalue weighted by Crippen LogP contribution is 2.35. The van der Waals surface area contributed by atoms with E-state index in [4.69, 9.17) is 5.73 Å². The second-order valence-electron chi connectivity index (χ2n) is 8.84. The summed E-state index contributed by atoms with van der Waals surface area (Å²) in [6.07, 6.45) is 2.21. The fourth-order valence-electron chi connectivity index (χ4n) is 5.22. The second kappa shape index (κ2) is 8.44. The van der Waals surface area contributed by atoms with E-state index in [-0.39, 0.29) is 18.7 Å². The average Bonchev–Trinajstić information content (AvgIpc) is 3.08. The minimum absolute atomic E-state index is 0.108. The molecule has 0 spiro atoms. The Morgan fingerprint density at radius 3 is 2.36 bits per heavy atom. The summed E-state index contributed by atoms with van der Waals surface area (Å²) in [5.41, 5.74) is 9.93. The summed E-state index contributed by atoms with van der Waals surface area (Å²) in [5, 5.41) is 2.22. The Morgan fingerprint density at radius 2 is 1.64 bits per heavy atom. The SMILES string of the molecule is NCc1ccccc1C1CCN(c2ccc3c(c2)C(=O)N(C2CCC(=O)NC2=O)C3=O)CC1. The normalized spacial score (nSPS) is 21.4. The summed E-state index contributed by atoms with van der Waals surface area (Å²) in [4.78, 5) is 52.9. The molecular formula is C25H26N4O4. The third kappa shape index (κ3) is 3.70. The van der Waals surface area contributed by atoms with Gasteiger partial charge in [-0.3, -0.25) is 29.4 Å². The van der Waals surface area contributed by atoms with Gasteiger partial charge in [0, 0.05) is 31.7 Å². The Bertz CT molecular complexity index is 1150. The van der Waals surface area contributed by atoms with Crippen molar-refractivity contribution in [3.05, 3.63) is 64.7 Å². The first kappa shape index (κ1) is 21.3. The number of amides is 4. The van der Waals surface area contributed by atoms with Crippen molar-refractivity contribution in [2.24, 2.45) is 5.73 Å². The number of piperidine rings is 2. The molecule has 3 heterocycles. The van der Waals surface area contributed by atoms with E-state index < -0.39 is 23.8 Å². The Morgan fingerprint density at radius 1 is 0.909 bits per heavy atom. The highest BCUT2D eigenvalue weighted by molar-refractivity contribution is 6.23. The van der Waals surface area contributed by atoms with Gasteiger partial charge in [0.15, 0.2) is 0 Å². The number of rotatable bonds is 4. The van der Waals surface area contributed by atoms with Crippen LogP contribution in [-0.4, -0.2) is 47.7 Å². The predicted octanol–water partition coefficient (Wildman–Crippen LogP) is 1.93. The number of hydrogen-bond acceptors (Lipinski definition) is 6. The van der Waals surface area contributed by atoms with Crippen molar-refractivity contribution < 1.29 is 19.2 Å². The lowest BCUT2D eigenvalue weighted by Gasteiger charge is -2.34. The number of hydrogen-bond donors (Lipinski definition) is 2. The van der Waals surface area contributed by atoms with Crippen LogP contribution in [0.1, 0.15) is 63.4 Å². The molecule has 1 atom stereocenters. The van der Waals surface area contributed by atoms with Crippen LogP contribution in [-0.2, 0) is 16.1 Å². The third-order valence-corrected chi connectivity index (χ3v) is 7.00. The number of carbonyl (C=O) groups is 4. The van der Waals surface area contributed by atoms with E-state index >= 15 is 0 Å². The highest BCUT2D eigenvalue weighted by Gasteiger charge is 2.44. The molecule has 0 saturated carbocycles. The lowest BCUT2D eigenvalue weighted by atomic mass is 9.86. The van der Waals surface area contributed by atoms with Gasteiger partial charge in [0.2, 0.25) is 11.8 Å². The summed E-state index contributed by atoms with van der Waals surface area (Å²) >= 11 is 0. The van der Waals surface area contributed by atoms with Crippen LogP contribution in [0.2, 0.25) is 0 Å². The molecule has 2 saturated heterocycles. The molecule has 2 aromatic rings. The quantitative estimate of drug-likeness (QED) is 0.694. The minimum Gasteiger partial charge on any atom is -0.371 e. The van der Waals surface area contributed by atoms with Crippen LogP contribution in [0.5, 0.6) is 0 Å². The van der Waals surface area contributed by atoms with Gasteiger partial charge in [-0.05, 0) is 54.5 Å². The molecule has 0 bridgehead atoms. The van der Waals surface area contributed by atoms with E-state index in [2.05, 4.69) is 28.4 Å². The van der Waals surface area contributed by atoms with Crippen LogP contribution < -0.4 is 16.0 Å². The van der Waals surface area contributed by atoms with Gasteiger partial charge in [0.25, 0.3) is 11.8 Å². The summed E-state index contributed by atoms with van der Waals surface area (Å²) in [7, 11) is 0. The zero-order chi connectivity index (χ0) is 23.1. The van der Waals surface area contributed by atoms with Crippen LogP contribution >= 0.6 is 0 Å². The summed E-state index contributed by atoms with van der Waals surface area (Å²) in [6.45, 7) is 2.20. The van der Waals surface area contributed by atoms with Gasteiger partial charge in [-0.1, -0.05) is 24.3 Å². The predicted molar refractivity (Wildman–Crippen MR) is 122 cm³/mol. The lowest BCUT2D eigenvalue weighted by molar-refractivity contribution is -0.136. The fraction of sp³-hybridized carbons (Fsp3) is 0.360. The molecule has 3 N–H and O–H groups in total. The number of fused-ring (bicyclic) bond motifs is 1. The van der Waals surface area contributed by atoms with Crippen molar-refractivity contribution in [3.8, 4) is 0 Å². The monoisotopic (exact) mass is 446 g/mol. The topological polar surface area (TPSA) is 113 Å². The maximum Gasteiger partial charge on any atom is 0.262 e. The van der Waals surface area contributed by atoms with Crippen LogP contribution in [0, 0.1) is 0 Å². The van der Waals surface area contributed by atoms with E-state index in [1.165, 1.54) is 11.1 Å². The molecular weight excluding hydrogens is 420 g/mol. The molecule has 0 aromatic heterocycles. The number of anilines is 1. The fourth-order valence-corrected chi connectivity index (χ4v) is 5.22. The van der Waals surface area contributed by atoms with Crippen LogP contribution in [0.3, 0.4) is 0 Å². The van der Waals surface area contributed by atoms with Crippen molar-refractivity contribution in [3.63, 3.8) is 0 Å². The first-order valence-electron chi connectivity index (χ1n) is 11.4. The number of imide groups is 2. The second-order valence-corrected chi connectivity index (χ2v) is 8.84. The van der Waals surface area contributed by atoms with E-state index in [9.17, 15) is 19.2 Å². The van der Waals surface area contributed by atoms with Gasteiger partial charge in [0.05, 0.1) is 11.1 Å². The van der Waals surface area contributed by atoms with Gasteiger partial charge in [-0.25, -0.2) is 0 Å². The third-order valence-electron chi connectivity index (χ3n) is 7.00. The number of benzene rings is 2. The molecule has 3 aliphatic heterocycles. The van der Waals surface area contributed by atoms with Crippen molar-refractivity contribution in [2.45, 2.75) is 44.2 Å². The number of carbonyl (C=O) groups excluding carboxylic acids is 4. The van der Waals surface area contributed by atoms with Gasteiger partial charge >= 0.3 is 0 Å². The maximum atomic E-state index is 13.1. The maximum absolute atomic E-state index is 13.1. The molecule has 5 rings (SSSR count). The van der Waals surface area contributed by atoms with E-state index in [1.807, 2.05) is 12.1 Å². The standard InChI is InChI=1S/C25H26N4O4/c26-14-16-3-1-2-4-18(16)15-9-11-28(12-10-15)17-5-6-19-20(13-17)25(33)29(24(19)32)21-7-8-22(30)27-23(21)31/h1-6,13,15,21H,7-12,14,26H2,(H,27,30,31). The number of nitrogens with one attached hydrogen (secondary N) is 1. The van der Waals surface area contributed by atoms with E-state index in [0.29, 0.717) is 23.6 Å². The first-order valence-corrected chi connectivity index (χ1v) is 11.4. The zero-order valence-electron chi connectivity index (χ0n) is 18.3. The van der Waals surface area contributed by atoms with Crippen molar-refractivity contribution in [1.82, 2.24) is 10.2 Å².